The number of anilines is 1. The molecule has 0 radical (unpaired) electrons. The number of benzene rings is 1. The van der Waals surface area contributed by atoms with Gasteiger partial charge in [-0.3, -0.25) is 4.90 Å². The lowest BCUT2D eigenvalue weighted by Crippen LogP contribution is -2.50. The van der Waals surface area contributed by atoms with Crippen molar-refractivity contribution in [3.05, 3.63) is 29.3 Å². The molecule has 1 aromatic rings. The second-order valence-corrected chi connectivity index (χ2v) is 6.88. The minimum absolute atomic E-state index is 0.453. The molecule has 0 aliphatic carbocycles. The molecular formula is C16H25N3OS. The van der Waals surface area contributed by atoms with Gasteiger partial charge in [-0.2, -0.15) is 0 Å². The molecule has 0 unspecified atom stereocenters. The zero-order valence-corrected chi connectivity index (χ0v) is 13.9. The van der Waals surface area contributed by atoms with E-state index in [1.54, 1.807) is 0 Å². The van der Waals surface area contributed by atoms with Crippen LogP contribution in [0.4, 0.5) is 5.69 Å². The van der Waals surface area contributed by atoms with Crippen molar-refractivity contribution in [3.8, 4) is 0 Å². The van der Waals surface area contributed by atoms with Crippen molar-refractivity contribution >= 4 is 22.9 Å². The van der Waals surface area contributed by atoms with Gasteiger partial charge in [0, 0.05) is 44.0 Å². The third kappa shape index (κ3) is 4.40. The quantitative estimate of drug-likeness (QED) is 0.826. The Hall–Kier alpha value is -1.17. The van der Waals surface area contributed by atoms with Crippen LogP contribution in [0.1, 0.15) is 25.0 Å². The van der Waals surface area contributed by atoms with Crippen molar-refractivity contribution in [2.75, 3.05) is 37.6 Å². The summed E-state index contributed by atoms with van der Waals surface area (Å²) in [5.74, 6) is 0. The van der Waals surface area contributed by atoms with E-state index in [1.165, 1.54) is 5.69 Å². The van der Waals surface area contributed by atoms with Crippen molar-refractivity contribution in [1.29, 1.82) is 0 Å². The number of rotatable bonds is 4. The summed E-state index contributed by atoms with van der Waals surface area (Å²) in [6.07, 6.45) is 0. The Labute approximate surface area is 132 Å². The molecule has 21 heavy (non-hydrogen) atoms. The Morgan fingerprint density at radius 1 is 1.29 bits per heavy atom. The number of thiocarbonyl (C=S) groups is 1. The summed E-state index contributed by atoms with van der Waals surface area (Å²) in [5.41, 5.74) is 8.37. The van der Waals surface area contributed by atoms with Gasteiger partial charge in [0.05, 0.1) is 5.60 Å². The molecule has 1 aromatic carbocycles. The largest absolute Gasteiger partial charge is 0.389 e. The monoisotopic (exact) mass is 307 g/mol. The van der Waals surface area contributed by atoms with Gasteiger partial charge < -0.3 is 15.7 Å². The fraction of sp³-hybridized carbons (Fsp3) is 0.562. The maximum atomic E-state index is 9.89. The number of aryl methyl sites for hydroxylation is 1. The van der Waals surface area contributed by atoms with Crippen LogP contribution < -0.4 is 10.6 Å². The van der Waals surface area contributed by atoms with Crippen LogP contribution in [0.15, 0.2) is 18.2 Å². The predicted octanol–water partition coefficient (Wildman–Crippen LogP) is 1.52. The van der Waals surface area contributed by atoms with Gasteiger partial charge in [0.2, 0.25) is 0 Å². The fourth-order valence-electron chi connectivity index (χ4n) is 2.83. The molecule has 5 heteroatoms. The number of aliphatic hydroxyl groups is 1. The van der Waals surface area contributed by atoms with Crippen LogP contribution in [0, 0.1) is 6.92 Å². The molecule has 0 atom stereocenters. The second kappa shape index (κ2) is 6.30. The summed E-state index contributed by atoms with van der Waals surface area (Å²) in [5, 5.41) is 9.89. The minimum Gasteiger partial charge on any atom is -0.389 e. The highest BCUT2D eigenvalue weighted by atomic mass is 32.1. The number of hydrogen-bond acceptors (Lipinski definition) is 4. The zero-order valence-electron chi connectivity index (χ0n) is 13.1. The molecule has 1 aliphatic heterocycles. The molecule has 116 valence electrons. The highest BCUT2D eigenvalue weighted by Crippen LogP contribution is 2.21. The molecule has 0 aromatic heterocycles. The molecule has 1 saturated heterocycles. The lowest BCUT2D eigenvalue weighted by atomic mass is 10.1. The molecule has 1 heterocycles. The van der Waals surface area contributed by atoms with Crippen LogP contribution in [-0.4, -0.2) is 53.3 Å². The number of nitrogens with zero attached hydrogens (tertiary/aromatic N) is 2. The van der Waals surface area contributed by atoms with Gasteiger partial charge in [0.25, 0.3) is 0 Å². The zero-order chi connectivity index (χ0) is 15.6. The van der Waals surface area contributed by atoms with E-state index in [0.29, 0.717) is 4.99 Å². The SMILES string of the molecule is Cc1cc(N2CCN(CC(C)(C)O)CC2)ccc1C(N)=S. The van der Waals surface area contributed by atoms with E-state index in [-0.39, 0.29) is 0 Å². The first-order chi connectivity index (χ1) is 9.76. The summed E-state index contributed by atoms with van der Waals surface area (Å²) < 4.78 is 0. The van der Waals surface area contributed by atoms with Gasteiger partial charge in [0.15, 0.2) is 0 Å². The number of β-amino-alcohol motifs (C(OH)–C–C–N with tert-alkyl or cyclic N) is 1. The van der Waals surface area contributed by atoms with Crippen molar-refractivity contribution in [1.82, 2.24) is 4.90 Å². The van der Waals surface area contributed by atoms with E-state index >= 15 is 0 Å². The van der Waals surface area contributed by atoms with Crippen LogP contribution in [0.2, 0.25) is 0 Å². The van der Waals surface area contributed by atoms with Gasteiger partial charge in [-0.05, 0) is 44.5 Å². The van der Waals surface area contributed by atoms with Crippen LogP contribution in [0.3, 0.4) is 0 Å². The summed E-state index contributed by atoms with van der Waals surface area (Å²) in [4.78, 5) is 5.14. The van der Waals surface area contributed by atoms with Gasteiger partial charge in [-0.25, -0.2) is 0 Å². The highest BCUT2D eigenvalue weighted by molar-refractivity contribution is 7.80. The second-order valence-electron chi connectivity index (χ2n) is 6.44. The molecule has 0 saturated carbocycles. The molecule has 2 rings (SSSR count). The van der Waals surface area contributed by atoms with Crippen LogP contribution in [0.25, 0.3) is 0 Å². The molecule has 1 aliphatic rings. The van der Waals surface area contributed by atoms with Crippen LogP contribution >= 0.6 is 12.2 Å². The van der Waals surface area contributed by atoms with Crippen molar-refractivity contribution in [2.24, 2.45) is 5.73 Å². The predicted molar refractivity (Wildman–Crippen MR) is 92.0 cm³/mol. The van der Waals surface area contributed by atoms with Crippen molar-refractivity contribution in [2.45, 2.75) is 26.4 Å². The maximum Gasteiger partial charge on any atom is 0.104 e. The van der Waals surface area contributed by atoms with Gasteiger partial charge in [-0.15, -0.1) is 0 Å². The average Bonchev–Trinajstić information content (AvgIpc) is 2.37. The average molecular weight is 307 g/mol. The maximum absolute atomic E-state index is 9.89. The molecule has 1 fully saturated rings. The van der Waals surface area contributed by atoms with E-state index in [2.05, 4.69) is 21.9 Å². The Kier molecular flexibility index (Phi) is 4.86. The smallest absolute Gasteiger partial charge is 0.104 e. The molecule has 0 spiro atoms. The number of piperazine rings is 1. The Bertz CT molecular complexity index is 517. The van der Waals surface area contributed by atoms with E-state index in [1.807, 2.05) is 26.8 Å². The Morgan fingerprint density at radius 3 is 2.38 bits per heavy atom. The van der Waals surface area contributed by atoms with Crippen LogP contribution in [0.5, 0.6) is 0 Å². The van der Waals surface area contributed by atoms with Crippen LogP contribution in [-0.2, 0) is 0 Å². The normalized spacial score (nSPS) is 17.0. The molecule has 0 amide bonds. The molecule has 4 nitrogen and oxygen atoms in total. The summed E-state index contributed by atoms with van der Waals surface area (Å²) in [6, 6.07) is 6.25. The first-order valence-electron chi connectivity index (χ1n) is 7.36. The van der Waals surface area contributed by atoms with E-state index in [4.69, 9.17) is 18.0 Å². The van der Waals surface area contributed by atoms with E-state index < -0.39 is 5.60 Å². The van der Waals surface area contributed by atoms with Gasteiger partial charge in [-0.1, -0.05) is 12.2 Å². The molecule has 0 bridgehead atoms. The summed E-state index contributed by atoms with van der Waals surface area (Å²) in [6.45, 7) is 10.4. The third-order valence-corrected chi connectivity index (χ3v) is 4.04. The first-order valence-corrected chi connectivity index (χ1v) is 7.77. The lowest BCUT2D eigenvalue weighted by Gasteiger charge is -2.38. The van der Waals surface area contributed by atoms with Gasteiger partial charge in [0.1, 0.15) is 4.99 Å². The Balaban J connectivity index is 1.99. The third-order valence-electron chi connectivity index (χ3n) is 3.82. The molecule has 3 N–H and O–H groups in total. The number of hydrogen-bond donors (Lipinski definition) is 2. The topological polar surface area (TPSA) is 52.7 Å². The molecular weight excluding hydrogens is 282 g/mol. The first kappa shape index (κ1) is 16.2. The Morgan fingerprint density at radius 2 is 1.90 bits per heavy atom. The van der Waals surface area contributed by atoms with E-state index in [0.717, 1.165) is 43.9 Å². The summed E-state index contributed by atoms with van der Waals surface area (Å²) >= 11 is 5.05. The lowest BCUT2D eigenvalue weighted by molar-refractivity contribution is 0.0345. The van der Waals surface area contributed by atoms with Crippen molar-refractivity contribution < 1.29 is 5.11 Å². The van der Waals surface area contributed by atoms with E-state index in [9.17, 15) is 5.11 Å². The summed E-state index contributed by atoms with van der Waals surface area (Å²) in [7, 11) is 0. The fourth-order valence-corrected chi connectivity index (χ4v) is 3.06. The number of nitrogens with two attached hydrogens (primary N) is 1. The van der Waals surface area contributed by atoms with Gasteiger partial charge >= 0.3 is 0 Å². The highest BCUT2D eigenvalue weighted by Gasteiger charge is 2.23. The van der Waals surface area contributed by atoms with Crippen molar-refractivity contribution in [3.63, 3.8) is 0 Å². The minimum atomic E-state index is -0.628. The standard InChI is InChI=1S/C16H25N3OS/c1-12-10-13(4-5-14(12)15(17)21)19-8-6-18(7-9-19)11-16(2,3)20/h4-5,10,20H,6-9,11H2,1-3H3,(H2,17,21).